The SMILES string of the molecule is NC(=O)N(S)c1ccc(Br)cn1. The number of pyridine rings is 1. The van der Waals surface area contributed by atoms with Gasteiger partial charge in [-0.15, -0.1) is 0 Å². The second-order valence-electron chi connectivity index (χ2n) is 1.98. The summed E-state index contributed by atoms with van der Waals surface area (Å²) >= 11 is 7.04. The van der Waals surface area contributed by atoms with Gasteiger partial charge < -0.3 is 5.73 Å². The highest BCUT2D eigenvalue weighted by molar-refractivity contribution is 9.10. The number of halogens is 1. The first kappa shape index (κ1) is 9.34. The summed E-state index contributed by atoms with van der Waals surface area (Å²) < 4.78 is 1.80. The molecule has 2 amide bonds. The van der Waals surface area contributed by atoms with Crippen LogP contribution in [0.15, 0.2) is 22.8 Å². The van der Waals surface area contributed by atoms with Gasteiger partial charge >= 0.3 is 6.03 Å². The van der Waals surface area contributed by atoms with Gasteiger partial charge in [-0.2, -0.15) is 0 Å². The summed E-state index contributed by atoms with van der Waals surface area (Å²) in [5, 5.41) is 0. The third kappa shape index (κ3) is 2.12. The fourth-order valence-electron chi connectivity index (χ4n) is 0.606. The molecular formula is C6H6BrN3OS. The van der Waals surface area contributed by atoms with Gasteiger partial charge in [-0.25, -0.2) is 14.1 Å². The number of amides is 2. The van der Waals surface area contributed by atoms with Crippen LogP contribution in [0.3, 0.4) is 0 Å². The van der Waals surface area contributed by atoms with E-state index in [0.717, 1.165) is 8.78 Å². The van der Waals surface area contributed by atoms with Gasteiger partial charge in [-0.3, -0.25) is 0 Å². The molecule has 0 aliphatic carbocycles. The van der Waals surface area contributed by atoms with E-state index in [1.54, 1.807) is 18.3 Å². The van der Waals surface area contributed by atoms with Crippen molar-refractivity contribution in [3.63, 3.8) is 0 Å². The Bertz CT molecular complexity index is 289. The van der Waals surface area contributed by atoms with Crippen molar-refractivity contribution in [1.82, 2.24) is 4.98 Å². The zero-order valence-corrected chi connectivity index (χ0v) is 8.42. The van der Waals surface area contributed by atoms with E-state index < -0.39 is 6.03 Å². The molecule has 0 bridgehead atoms. The van der Waals surface area contributed by atoms with Gasteiger partial charge in [0.2, 0.25) is 0 Å². The van der Waals surface area contributed by atoms with Gasteiger partial charge in [0.15, 0.2) is 0 Å². The van der Waals surface area contributed by atoms with Crippen LogP contribution in [0, 0.1) is 0 Å². The molecule has 0 saturated carbocycles. The van der Waals surface area contributed by atoms with Crippen molar-refractivity contribution >= 4 is 40.6 Å². The van der Waals surface area contributed by atoms with Gasteiger partial charge in [0, 0.05) is 10.7 Å². The number of hydrogen-bond acceptors (Lipinski definition) is 3. The zero-order chi connectivity index (χ0) is 9.14. The third-order valence-corrected chi connectivity index (χ3v) is 2.01. The van der Waals surface area contributed by atoms with Gasteiger partial charge in [-0.1, -0.05) is 12.8 Å². The summed E-state index contributed by atoms with van der Waals surface area (Å²) in [4.78, 5) is 14.5. The fraction of sp³-hybridized carbons (Fsp3) is 0. The van der Waals surface area contributed by atoms with Crippen molar-refractivity contribution in [1.29, 1.82) is 0 Å². The minimum absolute atomic E-state index is 0.397. The predicted molar refractivity (Wildman–Crippen MR) is 53.0 cm³/mol. The lowest BCUT2D eigenvalue weighted by molar-refractivity contribution is 0.257. The van der Waals surface area contributed by atoms with Gasteiger partial charge in [-0.05, 0) is 28.1 Å². The molecule has 4 nitrogen and oxygen atoms in total. The van der Waals surface area contributed by atoms with Crippen molar-refractivity contribution in [2.45, 2.75) is 0 Å². The average molecular weight is 248 g/mol. The Morgan fingerprint density at radius 2 is 2.33 bits per heavy atom. The van der Waals surface area contributed by atoms with E-state index >= 15 is 0 Å². The maximum absolute atomic E-state index is 10.6. The summed E-state index contributed by atoms with van der Waals surface area (Å²) in [6.45, 7) is 0. The number of carbonyl (C=O) groups excluding carboxylic acids is 1. The molecule has 1 heterocycles. The standard InChI is InChI=1S/C6H6BrN3OS/c7-4-1-2-5(9-3-4)10(12)6(8)11/h1-3,12H,(H2,8,11). The topological polar surface area (TPSA) is 59.2 Å². The first-order valence-corrected chi connectivity index (χ1v) is 4.20. The molecule has 1 aromatic heterocycles. The molecule has 12 heavy (non-hydrogen) atoms. The van der Waals surface area contributed by atoms with E-state index in [1.165, 1.54) is 0 Å². The van der Waals surface area contributed by atoms with E-state index in [9.17, 15) is 4.79 Å². The summed E-state index contributed by atoms with van der Waals surface area (Å²) in [5.41, 5.74) is 4.96. The number of anilines is 1. The van der Waals surface area contributed by atoms with Crippen LogP contribution in [-0.2, 0) is 0 Å². The molecule has 6 heteroatoms. The second-order valence-corrected chi connectivity index (χ2v) is 3.30. The molecule has 1 aromatic rings. The number of rotatable bonds is 1. The average Bonchev–Trinajstić information content (AvgIpc) is 2.04. The number of carbonyl (C=O) groups is 1. The monoisotopic (exact) mass is 247 g/mol. The van der Waals surface area contributed by atoms with Crippen LogP contribution in [0.2, 0.25) is 0 Å². The molecule has 0 fully saturated rings. The van der Waals surface area contributed by atoms with Crippen molar-refractivity contribution in [2.24, 2.45) is 5.73 Å². The summed E-state index contributed by atoms with van der Waals surface area (Å²) in [6, 6.07) is 2.71. The van der Waals surface area contributed by atoms with Crippen LogP contribution in [0.25, 0.3) is 0 Å². The molecule has 0 spiro atoms. The number of primary amides is 1. The Labute approximate surface area is 83.4 Å². The molecule has 0 saturated heterocycles. The number of nitrogens with two attached hydrogens (primary N) is 1. The molecule has 0 aliphatic rings. The lowest BCUT2D eigenvalue weighted by Crippen LogP contribution is -2.27. The fourth-order valence-corrected chi connectivity index (χ4v) is 0.959. The maximum atomic E-state index is 10.6. The maximum Gasteiger partial charge on any atom is 0.330 e. The number of nitrogens with zero attached hydrogens (tertiary/aromatic N) is 2. The van der Waals surface area contributed by atoms with Crippen LogP contribution in [-0.4, -0.2) is 11.0 Å². The normalized spacial score (nSPS) is 9.50. The molecule has 0 aromatic carbocycles. The lowest BCUT2D eigenvalue weighted by Gasteiger charge is -2.10. The van der Waals surface area contributed by atoms with Gasteiger partial charge in [0.1, 0.15) is 5.82 Å². The van der Waals surface area contributed by atoms with Crippen molar-refractivity contribution in [3.05, 3.63) is 22.8 Å². The first-order chi connectivity index (χ1) is 5.61. The minimum Gasteiger partial charge on any atom is -0.350 e. The van der Waals surface area contributed by atoms with Crippen LogP contribution < -0.4 is 10.0 Å². The van der Waals surface area contributed by atoms with Crippen molar-refractivity contribution in [2.75, 3.05) is 4.31 Å². The van der Waals surface area contributed by atoms with Crippen LogP contribution in [0.5, 0.6) is 0 Å². The second kappa shape index (κ2) is 3.77. The third-order valence-electron chi connectivity index (χ3n) is 1.14. The highest BCUT2D eigenvalue weighted by Crippen LogP contribution is 2.15. The largest absolute Gasteiger partial charge is 0.350 e. The summed E-state index contributed by atoms with van der Waals surface area (Å²) in [7, 11) is 0. The number of thiol groups is 1. The van der Waals surface area contributed by atoms with Crippen molar-refractivity contribution in [3.8, 4) is 0 Å². The van der Waals surface area contributed by atoms with Crippen LogP contribution in [0.4, 0.5) is 10.6 Å². The number of urea groups is 1. The van der Waals surface area contributed by atoms with Crippen LogP contribution >= 0.6 is 28.7 Å². The molecule has 0 radical (unpaired) electrons. The predicted octanol–water partition coefficient (Wildman–Crippen LogP) is 1.57. The van der Waals surface area contributed by atoms with E-state index in [1.807, 2.05) is 0 Å². The Kier molecular flexibility index (Phi) is 2.93. The van der Waals surface area contributed by atoms with E-state index in [4.69, 9.17) is 5.73 Å². The molecule has 0 aliphatic heterocycles. The molecule has 2 N–H and O–H groups in total. The smallest absolute Gasteiger partial charge is 0.330 e. The number of aromatic nitrogens is 1. The number of hydrogen-bond donors (Lipinski definition) is 2. The molecular weight excluding hydrogens is 242 g/mol. The lowest BCUT2D eigenvalue weighted by atomic mass is 10.5. The van der Waals surface area contributed by atoms with Gasteiger partial charge in [0.05, 0.1) is 0 Å². The summed E-state index contributed by atoms with van der Waals surface area (Å²) in [5.74, 6) is 0.397. The Morgan fingerprint density at radius 3 is 2.75 bits per heavy atom. The van der Waals surface area contributed by atoms with Gasteiger partial charge in [0.25, 0.3) is 0 Å². The molecule has 0 atom stereocenters. The Morgan fingerprint density at radius 1 is 1.67 bits per heavy atom. The van der Waals surface area contributed by atoms with Crippen molar-refractivity contribution < 1.29 is 4.79 Å². The van der Waals surface area contributed by atoms with Crippen LogP contribution in [0.1, 0.15) is 0 Å². The van der Waals surface area contributed by atoms with E-state index in [0.29, 0.717) is 5.82 Å². The molecule has 0 unspecified atom stereocenters. The molecule has 64 valence electrons. The quantitative estimate of drug-likeness (QED) is 0.741. The summed E-state index contributed by atoms with van der Waals surface area (Å²) in [6.07, 6.45) is 1.56. The zero-order valence-electron chi connectivity index (χ0n) is 5.94. The highest BCUT2D eigenvalue weighted by Gasteiger charge is 2.07. The minimum atomic E-state index is -0.659. The Balaban J connectivity index is 2.89. The Hall–Kier alpha value is -0.750. The van der Waals surface area contributed by atoms with E-state index in [-0.39, 0.29) is 0 Å². The first-order valence-electron chi connectivity index (χ1n) is 3.01. The molecule has 1 rings (SSSR count). The highest BCUT2D eigenvalue weighted by atomic mass is 79.9. The van der Waals surface area contributed by atoms with E-state index in [2.05, 4.69) is 33.7 Å².